The summed E-state index contributed by atoms with van der Waals surface area (Å²) in [6, 6.07) is 10.1. The highest BCUT2D eigenvalue weighted by molar-refractivity contribution is 5.95. The van der Waals surface area contributed by atoms with Gasteiger partial charge in [0.1, 0.15) is 6.04 Å². The van der Waals surface area contributed by atoms with Gasteiger partial charge in [-0.1, -0.05) is 49.6 Å². The van der Waals surface area contributed by atoms with E-state index >= 15 is 0 Å². The summed E-state index contributed by atoms with van der Waals surface area (Å²) in [7, 11) is 0. The highest BCUT2D eigenvalue weighted by Crippen LogP contribution is 2.42. The molecule has 2 amide bonds. The molecule has 0 spiro atoms. The number of rotatable bonds is 2. The minimum absolute atomic E-state index is 0.0311. The van der Waals surface area contributed by atoms with Gasteiger partial charge in [-0.3, -0.25) is 9.59 Å². The number of likely N-dealkylation sites (tertiary alicyclic amines) is 1. The first-order valence-electron chi connectivity index (χ1n) is 8.38. The molecule has 1 aliphatic carbocycles. The van der Waals surface area contributed by atoms with Crippen LogP contribution in [0, 0.1) is 0 Å². The van der Waals surface area contributed by atoms with Crippen molar-refractivity contribution in [1.29, 1.82) is 0 Å². The summed E-state index contributed by atoms with van der Waals surface area (Å²) >= 11 is 0. The number of carbonyl (C=O) groups is 2. The average molecular weight is 298 g/mol. The minimum Gasteiger partial charge on any atom is -0.350 e. The van der Waals surface area contributed by atoms with Gasteiger partial charge in [0.15, 0.2) is 0 Å². The molecular formula is C18H22N2O2. The molecule has 116 valence electrons. The fourth-order valence-corrected chi connectivity index (χ4v) is 4.52. The molecule has 4 heteroatoms. The van der Waals surface area contributed by atoms with Crippen LogP contribution in [-0.2, 0) is 15.0 Å². The zero-order chi connectivity index (χ0) is 15.2. The van der Waals surface area contributed by atoms with Crippen LogP contribution in [0.5, 0.6) is 0 Å². The fourth-order valence-electron chi connectivity index (χ4n) is 4.52. The van der Waals surface area contributed by atoms with Crippen molar-refractivity contribution >= 4 is 11.8 Å². The van der Waals surface area contributed by atoms with Crippen molar-refractivity contribution in [1.82, 2.24) is 10.2 Å². The van der Waals surface area contributed by atoms with Crippen molar-refractivity contribution in [2.45, 2.75) is 56.0 Å². The van der Waals surface area contributed by atoms with E-state index in [0.29, 0.717) is 6.54 Å². The smallest absolute Gasteiger partial charge is 0.243 e. The summed E-state index contributed by atoms with van der Waals surface area (Å²) in [5.74, 6) is 0.212. The van der Waals surface area contributed by atoms with Gasteiger partial charge in [-0.25, -0.2) is 0 Å². The second-order valence-corrected chi connectivity index (χ2v) is 6.92. The van der Waals surface area contributed by atoms with Gasteiger partial charge in [-0.15, -0.1) is 0 Å². The number of benzene rings is 1. The van der Waals surface area contributed by atoms with E-state index in [-0.39, 0.29) is 23.9 Å². The van der Waals surface area contributed by atoms with E-state index < -0.39 is 5.41 Å². The Morgan fingerprint density at radius 2 is 1.86 bits per heavy atom. The zero-order valence-electron chi connectivity index (χ0n) is 12.8. The van der Waals surface area contributed by atoms with Crippen LogP contribution < -0.4 is 5.32 Å². The quantitative estimate of drug-likeness (QED) is 0.908. The average Bonchev–Trinajstić information content (AvgIpc) is 3.15. The number of hydrogen-bond donors (Lipinski definition) is 1. The predicted octanol–water partition coefficient (Wildman–Crippen LogP) is 1.99. The SMILES string of the molecule is O=C1N[C@H]2C[C@@H]1N(C(=O)C1(c3ccccc3)CCCCC1)C2. The molecule has 0 unspecified atom stereocenters. The maximum atomic E-state index is 13.4. The van der Waals surface area contributed by atoms with Gasteiger partial charge in [0.2, 0.25) is 11.8 Å². The lowest BCUT2D eigenvalue weighted by Crippen LogP contribution is -2.56. The number of amides is 2. The molecule has 22 heavy (non-hydrogen) atoms. The summed E-state index contributed by atoms with van der Waals surface area (Å²) in [4.78, 5) is 27.2. The van der Waals surface area contributed by atoms with Crippen LogP contribution in [0.15, 0.2) is 30.3 Å². The van der Waals surface area contributed by atoms with Gasteiger partial charge in [0.05, 0.1) is 5.41 Å². The zero-order valence-corrected chi connectivity index (χ0v) is 12.8. The molecule has 1 aromatic carbocycles. The standard InChI is InChI=1S/C18H22N2O2/c21-16-15-11-14(19-16)12-20(15)17(22)18(9-5-2-6-10-18)13-7-3-1-4-8-13/h1,3-4,7-8,14-15H,2,5-6,9-12H2,(H,19,21)/t14-,15-/m0/s1. The Hall–Kier alpha value is -1.84. The molecule has 1 saturated carbocycles. The van der Waals surface area contributed by atoms with Crippen molar-refractivity contribution in [2.75, 3.05) is 6.54 Å². The molecule has 0 aromatic heterocycles. The van der Waals surface area contributed by atoms with Crippen LogP contribution in [-0.4, -0.2) is 35.3 Å². The van der Waals surface area contributed by atoms with E-state index in [1.165, 1.54) is 6.42 Å². The third kappa shape index (κ3) is 1.97. The molecule has 2 bridgehead atoms. The minimum atomic E-state index is -0.412. The van der Waals surface area contributed by atoms with Gasteiger partial charge in [0.25, 0.3) is 0 Å². The first-order valence-corrected chi connectivity index (χ1v) is 8.38. The van der Waals surface area contributed by atoms with E-state index in [0.717, 1.165) is 37.7 Å². The normalized spacial score (nSPS) is 29.5. The third-order valence-corrected chi connectivity index (χ3v) is 5.65. The molecule has 2 atom stereocenters. The molecule has 4 rings (SSSR count). The monoisotopic (exact) mass is 298 g/mol. The molecule has 2 saturated heterocycles. The molecule has 1 N–H and O–H groups in total. The summed E-state index contributed by atoms with van der Waals surface area (Å²) in [6.45, 7) is 0.684. The van der Waals surface area contributed by atoms with Gasteiger partial charge in [-0.2, -0.15) is 0 Å². The lowest BCUT2D eigenvalue weighted by Gasteiger charge is -2.41. The molecule has 3 aliphatic rings. The molecule has 3 fully saturated rings. The Kier molecular flexibility index (Phi) is 3.21. The number of nitrogens with zero attached hydrogens (tertiary/aromatic N) is 1. The molecular weight excluding hydrogens is 276 g/mol. The maximum Gasteiger partial charge on any atom is 0.243 e. The Balaban J connectivity index is 1.69. The van der Waals surface area contributed by atoms with E-state index in [1.54, 1.807) is 0 Å². The van der Waals surface area contributed by atoms with Gasteiger partial charge < -0.3 is 10.2 Å². The van der Waals surface area contributed by atoms with Crippen molar-refractivity contribution < 1.29 is 9.59 Å². The first-order chi connectivity index (χ1) is 10.7. The second kappa shape index (κ2) is 5.11. The molecule has 2 heterocycles. The van der Waals surface area contributed by atoms with E-state index in [9.17, 15) is 9.59 Å². The van der Waals surface area contributed by atoms with E-state index in [2.05, 4.69) is 17.4 Å². The number of hydrogen-bond acceptors (Lipinski definition) is 2. The largest absolute Gasteiger partial charge is 0.350 e. The van der Waals surface area contributed by atoms with Crippen molar-refractivity contribution in [3.05, 3.63) is 35.9 Å². The summed E-state index contributed by atoms with van der Waals surface area (Å²) in [5, 5.41) is 2.96. The van der Waals surface area contributed by atoms with Crippen LogP contribution in [0.4, 0.5) is 0 Å². The van der Waals surface area contributed by atoms with Crippen molar-refractivity contribution in [2.24, 2.45) is 0 Å². The molecule has 4 nitrogen and oxygen atoms in total. The van der Waals surface area contributed by atoms with Gasteiger partial charge >= 0.3 is 0 Å². The molecule has 2 aliphatic heterocycles. The topological polar surface area (TPSA) is 49.4 Å². The third-order valence-electron chi connectivity index (χ3n) is 5.65. The Morgan fingerprint density at radius 3 is 2.50 bits per heavy atom. The Bertz CT molecular complexity index is 592. The van der Waals surface area contributed by atoms with Crippen LogP contribution >= 0.6 is 0 Å². The van der Waals surface area contributed by atoms with Crippen molar-refractivity contribution in [3.63, 3.8) is 0 Å². The van der Waals surface area contributed by atoms with Crippen LogP contribution in [0.2, 0.25) is 0 Å². The lowest BCUT2D eigenvalue weighted by atomic mass is 9.68. The number of nitrogens with one attached hydrogen (secondary N) is 1. The highest BCUT2D eigenvalue weighted by atomic mass is 16.2. The highest BCUT2D eigenvalue weighted by Gasteiger charge is 2.52. The van der Waals surface area contributed by atoms with Gasteiger partial charge in [-0.05, 0) is 24.8 Å². The second-order valence-electron chi connectivity index (χ2n) is 6.92. The van der Waals surface area contributed by atoms with Crippen LogP contribution in [0.25, 0.3) is 0 Å². The van der Waals surface area contributed by atoms with Crippen LogP contribution in [0.3, 0.4) is 0 Å². The van der Waals surface area contributed by atoms with E-state index in [1.807, 2.05) is 23.1 Å². The van der Waals surface area contributed by atoms with E-state index in [4.69, 9.17) is 0 Å². The Labute approximate surface area is 130 Å². The number of piperazine rings is 1. The Morgan fingerprint density at radius 1 is 1.14 bits per heavy atom. The maximum absolute atomic E-state index is 13.4. The number of fused-ring (bicyclic) bond motifs is 2. The van der Waals surface area contributed by atoms with Gasteiger partial charge in [0, 0.05) is 12.6 Å². The lowest BCUT2D eigenvalue weighted by molar-refractivity contribution is -0.145. The van der Waals surface area contributed by atoms with Crippen LogP contribution in [0.1, 0.15) is 44.1 Å². The first kappa shape index (κ1) is 13.8. The van der Waals surface area contributed by atoms with Crippen molar-refractivity contribution in [3.8, 4) is 0 Å². The summed E-state index contributed by atoms with van der Waals surface area (Å²) < 4.78 is 0. The summed E-state index contributed by atoms with van der Waals surface area (Å²) in [5.41, 5.74) is 0.715. The molecule has 0 radical (unpaired) electrons. The summed E-state index contributed by atoms with van der Waals surface area (Å²) in [6.07, 6.45) is 5.99. The number of carbonyl (C=O) groups excluding carboxylic acids is 2. The molecule has 1 aromatic rings. The predicted molar refractivity (Wildman–Crippen MR) is 83.3 cm³/mol. The fraction of sp³-hybridized carbons (Fsp3) is 0.556.